The lowest BCUT2D eigenvalue weighted by Gasteiger charge is -2.00. The number of rotatable bonds is 2. The Morgan fingerprint density at radius 1 is 1.50 bits per heavy atom. The Balaban J connectivity index is 2.87. The van der Waals surface area contributed by atoms with E-state index in [-0.39, 0.29) is 0 Å². The van der Waals surface area contributed by atoms with Crippen LogP contribution in [0.15, 0.2) is 4.73 Å². The fourth-order valence-electron chi connectivity index (χ4n) is 0.833. The molecule has 0 radical (unpaired) electrons. The molecule has 1 aromatic rings. The second-order valence-corrected chi connectivity index (χ2v) is 2.88. The SMILES string of the molecule is CCCn1c(C)nnc1Br. The first kappa shape index (κ1) is 7.72. The van der Waals surface area contributed by atoms with E-state index in [1.807, 2.05) is 11.5 Å². The Labute approximate surface area is 68.6 Å². The summed E-state index contributed by atoms with van der Waals surface area (Å²) in [6.07, 6.45) is 1.11. The van der Waals surface area contributed by atoms with Crippen LogP contribution in [0.25, 0.3) is 0 Å². The Kier molecular flexibility index (Phi) is 2.43. The molecule has 0 unspecified atom stereocenters. The first-order chi connectivity index (χ1) is 4.75. The highest BCUT2D eigenvalue weighted by molar-refractivity contribution is 9.10. The minimum atomic E-state index is 0.826. The van der Waals surface area contributed by atoms with Crippen molar-refractivity contribution in [3.63, 3.8) is 0 Å². The van der Waals surface area contributed by atoms with E-state index >= 15 is 0 Å². The summed E-state index contributed by atoms with van der Waals surface area (Å²) in [6, 6.07) is 0. The predicted octanol–water partition coefficient (Wildman–Crippen LogP) is 1.76. The first-order valence-electron chi connectivity index (χ1n) is 3.31. The van der Waals surface area contributed by atoms with Gasteiger partial charge in [0.25, 0.3) is 0 Å². The number of hydrogen-bond donors (Lipinski definition) is 0. The van der Waals surface area contributed by atoms with Crippen LogP contribution in [-0.4, -0.2) is 14.8 Å². The van der Waals surface area contributed by atoms with Crippen molar-refractivity contribution in [3.05, 3.63) is 10.6 Å². The summed E-state index contributed by atoms with van der Waals surface area (Å²) in [4.78, 5) is 0. The number of aryl methyl sites for hydroxylation is 1. The molecule has 0 spiro atoms. The van der Waals surface area contributed by atoms with Crippen LogP contribution in [0, 0.1) is 6.92 Å². The Morgan fingerprint density at radius 2 is 2.20 bits per heavy atom. The molecule has 1 aromatic heterocycles. The molecular weight excluding hydrogens is 194 g/mol. The molecule has 0 amide bonds. The maximum atomic E-state index is 3.90. The van der Waals surface area contributed by atoms with Gasteiger partial charge in [-0.1, -0.05) is 6.92 Å². The van der Waals surface area contributed by atoms with Gasteiger partial charge in [-0.05, 0) is 29.3 Å². The molecule has 3 nitrogen and oxygen atoms in total. The van der Waals surface area contributed by atoms with Gasteiger partial charge in [-0.25, -0.2) is 0 Å². The van der Waals surface area contributed by atoms with E-state index in [4.69, 9.17) is 0 Å². The van der Waals surface area contributed by atoms with Crippen molar-refractivity contribution in [1.82, 2.24) is 14.8 Å². The van der Waals surface area contributed by atoms with Crippen molar-refractivity contribution >= 4 is 15.9 Å². The van der Waals surface area contributed by atoms with Gasteiger partial charge in [0.05, 0.1) is 0 Å². The molecule has 56 valence electrons. The van der Waals surface area contributed by atoms with Gasteiger partial charge in [0.2, 0.25) is 0 Å². The van der Waals surface area contributed by atoms with E-state index < -0.39 is 0 Å². The van der Waals surface area contributed by atoms with Gasteiger partial charge in [0.15, 0.2) is 4.73 Å². The molecule has 4 heteroatoms. The van der Waals surface area contributed by atoms with E-state index in [2.05, 4.69) is 33.1 Å². The molecule has 0 atom stereocenters. The van der Waals surface area contributed by atoms with Gasteiger partial charge in [0, 0.05) is 6.54 Å². The summed E-state index contributed by atoms with van der Waals surface area (Å²) in [5.41, 5.74) is 0. The highest BCUT2D eigenvalue weighted by Gasteiger charge is 2.02. The normalized spacial score (nSPS) is 10.3. The van der Waals surface area contributed by atoms with Gasteiger partial charge in [0.1, 0.15) is 5.82 Å². The molecular formula is C6H10BrN3. The molecule has 0 saturated heterocycles. The van der Waals surface area contributed by atoms with Gasteiger partial charge in [-0.15, -0.1) is 10.2 Å². The van der Waals surface area contributed by atoms with E-state index in [0.717, 1.165) is 23.5 Å². The number of hydrogen-bond acceptors (Lipinski definition) is 2. The third kappa shape index (κ3) is 1.37. The fourth-order valence-corrected chi connectivity index (χ4v) is 1.35. The Morgan fingerprint density at radius 3 is 2.60 bits per heavy atom. The molecule has 0 aliphatic rings. The smallest absolute Gasteiger partial charge is 0.200 e. The zero-order valence-corrected chi connectivity index (χ0v) is 7.72. The standard InChI is InChI=1S/C6H10BrN3/c1-3-4-10-5(2)8-9-6(10)7/h3-4H2,1-2H3. The third-order valence-electron chi connectivity index (χ3n) is 1.34. The minimum Gasteiger partial charge on any atom is -0.306 e. The topological polar surface area (TPSA) is 30.7 Å². The lowest BCUT2D eigenvalue weighted by molar-refractivity contribution is 0.644. The number of aromatic nitrogens is 3. The van der Waals surface area contributed by atoms with Gasteiger partial charge < -0.3 is 4.57 Å². The Bertz CT molecular complexity index is 199. The third-order valence-corrected chi connectivity index (χ3v) is 1.92. The maximum absolute atomic E-state index is 3.90. The van der Waals surface area contributed by atoms with Crippen LogP contribution in [0.1, 0.15) is 19.2 Å². The van der Waals surface area contributed by atoms with Crippen molar-refractivity contribution in [1.29, 1.82) is 0 Å². The summed E-state index contributed by atoms with van der Waals surface area (Å²) in [5.74, 6) is 0.966. The summed E-state index contributed by atoms with van der Waals surface area (Å²) in [5, 5.41) is 7.77. The highest BCUT2D eigenvalue weighted by Crippen LogP contribution is 2.08. The molecule has 0 bridgehead atoms. The fraction of sp³-hybridized carbons (Fsp3) is 0.667. The Hall–Kier alpha value is -0.380. The summed E-state index contributed by atoms with van der Waals surface area (Å²) < 4.78 is 2.87. The van der Waals surface area contributed by atoms with Crippen LogP contribution >= 0.6 is 15.9 Å². The van der Waals surface area contributed by atoms with Gasteiger partial charge >= 0.3 is 0 Å². The highest BCUT2D eigenvalue weighted by atomic mass is 79.9. The lowest BCUT2D eigenvalue weighted by atomic mass is 10.5. The zero-order chi connectivity index (χ0) is 7.56. The molecule has 0 aromatic carbocycles. The van der Waals surface area contributed by atoms with E-state index in [9.17, 15) is 0 Å². The average Bonchev–Trinajstić information content (AvgIpc) is 2.20. The molecule has 10 heavy (non-hydrogen) atoms. The van der Waals surface area contributed by atoms with E-state index in [1.54, 1.807) is 0 Å². The van der Waals surface area contributed by atoms with Crippen molar-refractivity contribution in [3.8, 4) is 0 Å². The number of halogens is 1. The molecule has 0 N–H and O–H groups in total. The molecule has 0 fully saturated rings. The zero-order valence-electron chi connectivity index (χ0n) is 6.13. The second-order valence-electron chi connectivity index (χ2n) is 2.17. The van der Waals surface area contributed by atoms with Crippen LogP contribution in [-0.2, 0) is 6.54 Å². The molecule has 0 saturated carbocycles. The van der Waals surface area contributed by atoms with Crippen LogP contribution in [0.2, 0.25) is 0 Å². The van der Waals surface area contributed by atoms with Crippen LogP contribution in [0.3, 0.4) is 0 Å². The summed E-state index contributed by atoms with van der Waals surface area (Å²) >= 11 is 3.31. The predicted molar refractivity (Wildman–Crippen MR) is 42.8 cm³/mol. The second kappa shape index (κ2) is 3.14. The van der Waals surface area contributed by atoms with E-state index in [1.165, 1.54) is 0 Å². The van der Waals surface area contributed by atoms with Gasteiger partial charge in [-0.2, -0.15) is 0 Å². The lowest BCUT2D eigenvalue weighted by Crippen LogP contribution is -1.99. The quantitative estimate of drug-likeness (QED) is 0.734. The van der Waals surface area contributed by atoms with Gasteiger partial charge in [-0.3, -0.25) is 0 Å². The van der Waals surface area contributed by atoms with Crippen LogP contribution in [0.5, 0.6) is 0 Å². The monoisotopic (exact) mass is 203 g/mol. The first-order valence-corrected chi connectivity index (χ1v) is 4.10. The molecule has 1 rings (SSSR count). The minimum absolute atomic E-state index is 0.826. The van der Waals surface area contributed by atoms with Crippen molar-refractivity contribution in [2.45, 2.75) is 26.8 Å². The molecule has 1 heterocycles. The average molecular weight is 204 g/mol. The van der Waals surface area contributed by atoms with Crippen LogP contribution < -0.4 is 0 Å². The van der Waals surface area contributed by atoms with Crippen molar-refractivity contribution in [2.24, 2.45) is 0 Å². The van der Waals surface area contributed by atoms with Crippen molar-refractivity contribution < 1.29 is 0 Å². The number of nitrogens with zero attached hydrogens (tertiary/aromatic N) is 3. The van der Waals surface area contributed by atoms with Crippen molar-refractivity contribution in [2.75, 3.05) is 0 Å². The summed E-state index contributed by atoms with van der Waals surface area (Å²) in [7, 11) is 0. The summed E-state index contributed by atoms with van der Waals surface area (Å²) in [6.45, 7) is 5.07. The molecule has 0 aliphatic carbocycles. The molecule has 0 aliphatic heterocycles. The van der Waals surface area contributed by atoms with E-state index in [0.29, 0.717) is 0 Å². The largest absolute Gasteiger partial charge is 0.306 e. The maximum Gasteiger partial charge on any atom is 0.200 e. The van der Waals surface area contributed by atoms with Crippen LogP contribution in [0.4, 0.5) is 0 Å².